The summed E-state index contributed by atoms with van der Waals surface area (Å²) in [5.74, 6) is -0.0576. The highest BCUT2D eigenvalue weighted by Gasteiger charge is 2.10. The van der Waals surface area contributed by atoms with Crippen molar-refractivity contribution >= 4 is 23.4 Å². The van der Waals surface area contributed by atoms with E-state index in [1.165, 1.54) is 0 Å². The van der Waals surface area contributed by atoms with E-state index < -0.39 is 0 Å². The third-order valence-corrected chi connectivity index (χ3v) is 4.65. The van der Waals surface area contributed by atoms with Gasteiger partial charge >= 0.3 is 0 Å². The van der Waals surface area contributed by atoms with Crippen molar-refractivity contribution in [1.82, 2.24) is 9.55 Å². The monoisotopic (exact) mass is 365 g/mol. The number of rotatable bonds is 5. The molecule has 0 saturated heterocycles. The van der Waals surface area contributed by atoms with Gasteiger partial charge in [0.2, 0.25) is 5.91 Å². The Balaban J connectivity index is 1.75. The molecule has 5 nitrogen and oxygen atoms in total. The molecule has 0 radical (unpaired) electrons. The van der Waals surface area contributed by atoms with Crippen LogP contribution >= 0.6 is 11.8 Å². The molecule has 0 aliphatic heterocycles. The predicted molar refractivity (Wildman–Crippen MR) is 105 cm³/mol. The summed E-state index contributed by atoms with van der Waals surface area (Å²) in [5, 5.41) is 3.10. The molecule has 6 heteroatoms. The lowest BCUT2D eigenvalue weighted by Crippen LogP contribution is -2.22. The van der Waals surface area contributed by atoms with Crippen LogP contribution in [0.3, 0.4) is 0 Å². The first-order valence-corrected chi connectivity index (χ1v) is 9.15. The maximum atomic E-state index is 12.7. The first kappa shape index (κ1) is 17.9. The number of amides is 1. The molecule has 3 aromatic rings. The van der Waals surface area contributed by atoms with Gasteiger partial charge in [-0.25, -0.2) is 4.98 Å². The van der Waals surface area contributed by atoms with Crippen LogP contribution in [0.25, 0.3) is 5.69 Å². The summed E-state index contributed by atoms with van der Waals surface area (Å²) >= 11 is 1.14. The van der Waals surface area contributed by atoms with E-state index >= 15 is 0 Å². The fourth-order valence-electron chi connectivity index (χ4n) is 2.64. The van der Waals surface area contributed by atoms with Gasteiger partial charge in [0.15, 0.2) is 5.03 Å². The number of thioether (sulfide) groups is 1. The number of anilines is 1. The molecule has 26 heavy (non-hydrogen) atoms. The standard InChI is InChI=1S/C20H19N3O2S/c1-14-10-15(2)12-17(11-14)23-9-8-21-19(20(23)25)26-13-18(24)22-16-6-4-3-5-7-16/h3-12H,13H2,1-2H3,(H,22,24). The van der Waals surface area contributed by atoms with E-state index in [9.17, 15) is 9.59 Å². The van der Waals surface area contributed by atoms with E-state index in [2.05, 4.69) is 16.4 Å². The van der Waals surface area contributed by atoms with Crippen molar-refractivity contribution in [2.75, 3.05) is 11.1 Å². The number of para-hydroxylation sites is 1. The van der Waals surface area contributed by atoms with Crippen LogP contribution in [-0.4, -0.2) is 21.2 Å². The normalized spacial score (nSPS) is 10.5. The number of carbonyl (C=O) groups excluding carboxylic acids is 1. The van der Waals surface area contributed by atoms with Crippen LogP contribution in [0.4, 0.5) is 5.69 Å². The molecular formula is C20H19N3O2S. The van der Waals surface area contributed by atoms with Gasteiger partial charge in [-0.05, 0) is 49.2 Å². The second-order valence-corrected chi connectivity index (χ2v) is 6.92. The molecule has 3 rings (SSSR count). The highest BCUT2D eigenvalue weighted by Crippen LogP contribution is 2.15. The summed E-state index contributed by atoms with van der Waals surface area (Å²) in [6, 6.07) is 15.2. The number of nitrogens with zero attached hydrogens (tertiary/aromatic N) is 2. The predicted octanol–water partition coefficient (Wildman–Crippen LogP) is 3.58. The lowest BCUT2D eigenvalue weighted by Gasteiger charge is -2.09. The Morgan fingerprint density at radius 3 is 2.50 bits per heavy atom. The van der Waals surface area contributed by atoms with Gasteiger partial charge in [0, 0.05) is 23.8 Å². The number of carbonyl (C=O) groups is 1. The molecule has 1 heterocycles. The van der Waals surface area contributed by atoms with Gasteiger partial charge in [-0.1, -0.05) is 36.0 Å². The molecule has 0 aliphatic carbocycles. The van der Waals surface area contributed by atoms with Crippen molar-refractivity contribution in [2.45, 2.75) is 18.9 Å². The number of nitrogens with one attached hydrogen (secondary N) is 1. The fraction of sp³-hybridized carbons (Fsp3) is 0.150. The third kappa shape index (κ3) is 4.40. The first-order chi connectivity index (χ1) is 12.5. The molecule has 0 spiro atoms. The second kappa shape index (κ2) is 8.01. The Hall–Kier alpha value is -2.86. The van der Waals surface area contributed by atoms with Crippen molar-refractivity contribution < 1.29 is 4.79 Å². The summed E-state index contributed by atoms with van der Waals surface area (Å²) in [4.78, 5) is 28.9. The van der Waals surface area contributed by atoms with Crippen LogP contribution in [0.5, 0.6) is 0 Å². The lowest BCUT2D eigenvalue weighted by atomic mass is 10.1. The van der Waals surface area contributed by atoms with Gasteiger partial charge in [0.05, 0.1) is 5.75 Å². The van der Waals surface area contributed by atoms with Crippen LogP contribution in [0.15, 0.2) is 70.7 Å². The van der Waals surface area contributed by atoms with Crippen LogP contribution in [0.2, 0.25) is 0 Å². The minimum Gasteiger partial charge on any atom is -0.325 e. The summed E-state index contributed by atoms with van der Waals surface area (Å²) in [5.41, 5.74) is 3.47. The van der Waals surface area contributed by atoms with E-state index in [4.69, 9.17) is 0 Å². The van der Waals surface area contributed by atoms with E-state index in [1.54, 1.807) is 17.0 Å². The second-order valence-electron chi connectivity index (χ2n) is 5.96. The van der Waals surface area contributed by atoms with Gasteiger partial charge in [0.1, 0.15) is 0 Å². The number of aryl methyl sites for hydroxylation is 2. The molecule has 2 aromatic carbocycles. The van der Waals surface area contributed by atoms with E-state index in [-0.39, 0.29) is 17.2 Å². The molecule has 0 fully saturated rings. The van der Waals surface area contributed by atoms with E-state index in [0.717, 1.165) is 34.3 Å². The molecule has 0 bridgehead atoms. The number of hydrogen-bond donors (Lipinski definition) is 1. The van der Waals surface area contributed by atoms with Crippen molar-refractivity contribution in [3.63, 3.8) is 0 Å². The first-order valence-electron chi connectivity index (χ1n) is 8.17. The van der Waals surface area contributed by atoms with Gasteiger partial charge in [0.25, 0.3) is 5.56 Å². The highest BCUT2D eigenvalue weighted by molar-refractivity contribution is 7.99. The van der Waals surface area contributed by atoms with Crippen molar-refractivity contribution in [3.05, 3.63) is 82.4 Å². The van der Waals surface area contributed by atoms with Gasteiger partial charge < -0.3 is 5.32 Å². The van der Waals surface area contributed by atoms with Crippen LogP contribution in [0.1, 0.15) is 11.1 Å². The zero-order valence-electron chi connectivity index (χ0n) is 14.6. The lowest BCUT2D eigenvalue weighted by molar-refractivity contribution is -0.113. The van der Waals surface area contributed by atoms with Crippen LogP contribution < -0.4 is 10.9 Å². The fourth-order valence-corrected chi connectivity index (χ4v) is 3.34. The van der Waals surface area contributed by atoms with E-state index in [0.29, 0.717) is 5.03 Å². The zero-order valence-corrected chi connectivity index (χ0v) is 15.4. The molecule has 0 aliphatic rings. The van der Waals surface area contributed by atoms with Crippen LogP contribution in [0, 0.1) is 13.8 Å². The molecule has 0 saturated carbocycles. The summed E-state index contributed by atoms with van der Waals surface area (Å²) in [7, 11) is 0. The summed E-state index contributed by atoms with van der Waals surface area (Å²) in [6.07, 6.45) is 3.22. The Morgan fingerprint density at radius 1 is 1.12 bits per heavy atom. The Kier molecular flexibility index (Phi) is 5.53. The largest absolute Gasteiger partial charge is 0.325 e. The Labute approximate surface area is 156 Å². The smallest absolute Gasteiger partial charge is 0.287 e. The average Bonchev–Trinajstić information content (AvgIpc) is 2.61. The van der Waals surface area contributed by atoms with Crippen molar-refractivity contribution in [3.8, 4) is 5.69 Å². The van der Waals surface area contributed by atoms with Gasteiger partial charge in [-0.3, -0.25) is 14.2 Å². The quantitative estimate of drug-likeness (QED) is 0.702. The number of hydrogen-bond acceptors (Lipinski definition) is 4. The maximum absolute atomic E-state index is 12.7. The summed E-state index contributed by atoms with van der Waals surface area (Å²) < 4.78 is 1.56. The van der Waals surface area contributed by atoms with Gasteiger partial charge in [-0.2, -0.15) is 0 Å². The topological polar surface area (TPSA) is 64.0 Å². The van der Waals surface area contributed by atoms with Crippen molar-refractivity contribution in [2.24, 2.45) is 0 Å². The minimum absolute atomic E-state index is 0.119. The number of aromatic nitrogens is 2. The molecule has 1 N–H and O–H groups in total. The summed E-state index contributed by atoms with van der Waals surface area (Å²) in [6.45, 7) is 3.98. The maximum Gasteiger partial charge on any atom is 0.287 e. The number of benzene rings is 2. The van der Waals surface area contributed by atoms with Crippen LogP contribution in [-0.2, 0) is 4.79 Å². The third-order valence-electron chi connectivity index (χ3n) is 3.69. The minimum atomic E-state index is -0.227. The van der Waals surface area contributed by atoms with Gasteiger partial charge in [-0.15, -0.1) is 0 Å². The highest BCUT2D eigenvalue weighted by atomic mass is 32.2. The molecule has 0 unspecified atom stereocenters. The molecule has 1 aromatic heterocycles. The average molecular weight is 365 g/mol. The van der Waals surface area contributed by atoms with Crippen molar-refractivity contribution in [1.29, 1.82) is 0 Å². The molecular weight excluding hydrogens is 346 g/mol. The molecule has 132 valence electrons. The SMILES string of the molecule is Cc1cc(C)cc(-n2ccnc(SCC(=O)Nc3ccccc3)c2=O)c1. The van der Waals surface area contributed by atoms with E-state index in [1.807, 2.05) is 56.3 Å². The Morgan fingerprint density at radius 2 is 1.81 bits per heavy atom. The molecule has 0 atom stereocenters. The molecule has 1 amide bonds. The Bertz CT molecular complexity index is 964. The zero-order chi connectivity index (χ0) is 18.5.